The lowest BCUT2D eigenvalue weighted by Crippen LogP contribution is -2.33. The second-order valence-corrected chi connectivity index (χ2v) is 6.51. The molecule has 2 N–H and O–H groups in total. The molecule has 0 heterocycles. The Hall–Kier alpha value is -0.880. The average molecular weight is 391 g/mol. The van der Waals surface area contributed by atoms with Crippen molar-refractivity contribution in [1.82, 2.24) is 5.32 Å². The molecule has 1 aromatic carbocycles. The number of carboxylic acids is 1. The summed E-state index contributed by atoms with van der Waals surface area (Å²) >= 11 is 6.67. The maximum atomic E-state index is 12.1. The van der Waals surface area contributed by atoms with Crippen molar-refractivity contribution < 1.29 is 14.7 Å². The van der Waals surface area contributed by atoms with Crippen LogP contribution in [0.25, 0.3) is 0 Å². The zero-order chi connectivity index (χ0) is 14.0. The van der Waals surface area contributed by atoms with Crippen molar-refractivity contribution in [2.45, 2.75) is 25.3 Å². The van der Waals surface area contributed by atoms with Gasteiger partial charge in [-0.1, -0.05) is 31.9 Å². The van der Waals surface area contributed by atoms with E-state index < -0.39 is 5.97 Å². The number of aliphatic carboxylic acids is 1. The molecule has 6 heteroatoms. The second kappa shape index (κ2) is 6.05. The van der Waals surface area contributed by atoms with Crippen LogP contribution in [-0.2, 0) is 4.79 Å². The summed E-state index contributed by atoms with van der Waals surface area (Å²) in [6.45, 7) is 0. The molecule has 1 amide bonds. The lowest BCUT2D eigenvalue weighted by Gasteiger charge is -2.12. The van der Waals surface area contributed by atoms with E-state index in [0.29, 0.717) is 18.4 Å². The first-order valence-corrected chi connectivity index (χ1v) is 7.54. The molecule has 2 atom stereocenters. The van der Waals surface area contributed by atoms with Gasteiger partial charge in [-0.3, -0.25) is 9.59 Å². The second-order valence-electron chi connectivity index (χ2n) is 4.68. The van der Waals surface area contributed by atoms with Gasteiger partial charge in [0.25, 0.3) is 5.91 Å². The molecular weight excluding hydrogens is 378 g/mol. The van der Waals surface area contributed by atoms with Crippen LogP contribution in [-0.4, -0.2) is 23.0 Å². The molecule has 1 aliphatic carbocycles. The molecule has 102 valence electrons. The summed E-state index contributed by atoms with van der Waals surface area (Å²) in [5.74, 6) is -1.28. The first-order chi connectivity index (χ1) is 8.95. The molecule has 1 aromatic rings. The zero-order valence-corrected chi connectivity index (χ0v) is 13.2. The molecule has 0 spiro atoms. The number of carbonyl (C=O) groups excluding carboxylic acids is 1. The van der Waals surface area contributed by atoms with Crippen LogP contribution in [0, 0.1) is 5.92 Å². The molecule has 1 aliphatic rings. The summed E-state index contributed by atoms with van der Waals surface area (Å²) in [7, 11) is 0. The van der Waals surface area contributed by atoms with Gasteiger partial charge in [-0.25, -0.2) is 0 Å². The van der Waals surface area contributed by atoms with E-state index in [-0.39, 0.29) is 17.9 Å². The van der Waals surface area contributed by atoms with Crippen LogP contribution in [0.15, 0.2) is 27.1 Å². The molecule has 0 bridgehead atoms. The number of halogens is 2. The van der Waals surface area contributed by atoms with Crippen LogP contribution in [0.4, 0.5) is 0 Å². The van der Waals surface area contributed by atoms with Crippen LogP contribution in [0.3, 0.4) is 0 Å². The van der Waals surface area contributed by atoms with Gasteiger partial charge in [0, 0.05) is 20.6 Å². The highest BCUT2D eigenvalue weighted by atomic mass is 79.9. The molecule has 0 aliphatic heterocycles. The smallest absolute Gasteiger partial charge is 0.306 e. The Morgan fingerprint density at radius 2 is 1.79 bits per heavy atom. The highest BCUT2D eigenvalue weighted by molar-refractivity contribution is 9.11. The number of benzene rings is 1. The molecule has 0 unspecified atom stereocenters. The van der Waals surface area contributed by atoms with E-state index in [2.05, 4.69) is 37.2 Å². The Balaban J connectivity index is 2.00. The van der Waals surface area contributed by atoms with Gasteiger partial charge in [0.2, 0.25) is 0 Å². The highest BCUT2D eigenvalue weighted by Gasteiger charge is 2.30. The molecule has 1 saturated carbocycles. The van der Waals surface area contributed by atoms with Crippen molar-refractivity contribution >= 4 is 43.7 Å². The van der Waals surface area contributed by atoms with Crippen molar-refractivity contribution in [2.75, 3.05) is 0 Å². The predicted molar refractivity (Wildman–Crippen MR) is 78.1 cm³/mol. The normalized spacial score (nSPS) is 22.2. The van der Waals surface area contributed by atoms with Crippen LogP contribution < -0.4 is 5.32 Å². The number of amides is 1. The Labute approximate surface area is 127 Å². The Kier molecular flexibility index (Phi) is 4.62. The van der Waals surface area contributed by atoms with Gasteiger partial charge < -0.3 is 10.4 Å². The lowest BCUT2D eigenvalue weighted by molar-refractivity contribution is -0.141. The third-order valence-electron chi connectivity index (χ3n) is 3.24. The van der Waals surface area contributed by atoms with E-state index in [4.69, 9.17) is 5.11 Å². The monoisotopic (exact) mass is 389 g/mol. The lowest BCUT2D eigenvalue weighted by atomic mass is 10.1. The summed E-state index contributed by atoms with van der Waals surface area (Å²) in [6, 6.07) is 5.28. The summed E-state index contributed by atoms with van der Waals surface area (Å²) in [4.78, 5) is 22.9. The molecule has 0 saturated heterocycles. The Morgan fingerprint density at radius 1 is 1.16 bits per heavy atom. The number of hydrogen-bond acceptors (Lipinski definition) is 2. The van der Waals surface area contributed by atoms with E-state index in [1.165, 1.54) is 0 Å². The summed E-state index contributed by atoms with van der Waals surface area (Å²) < 4.78 is 1.64. The van der Waals surface area contributed by atoms with Gasteiger partial charge >= 0.3 is 5.97 Å². The molecule has 4 nitrogen and oxygen atoms in total. The van der Waals surface area contributed by atoms with Crippen LogP contribution in [0.2, 0.25) is 0 Å². The number of nitrogens with one attached hydrogen (secondary N) is 1. The number of rotatable bonds is 3. The van der Waals surface area contributed by atoms with E-state index in [9.17, 15) is 9.59 Å². The summed E-state index contributed by atoms with van der Waals surface area (Å²) in [5.41, 5.74) is 0.556. The van der Waals surface area contributed by atoms with E-state index >= 15 is 0 Å². The van der Waals surface area contributed by atoms with Gasteiger partial charge in [0.1, 0.15) is 0 Å². The number of hydrogen-bond donors (Lipinski definition) is 2. The molecule has 2 rings (SSSR count). The summed E-state index contributed by atoms with van der Waals surface area (Å²) in [6.07, 6.45) is 1.86. The van der Waals surface area contributed by atoms with Crippen molar-refractivity contribution in [1.29, 1.82) is 0 Å². The van der Waals surface area contributed by atoms with E-state index in [0.717, 1.165) is 15.4 Å². The first-order valence-electron chi connectivity index (χ1n) is 5.95. The van der Waals surface area contributed by atoms with Crippen molar-refractivity contribution in [3.63, 3.8) is 0 Å². The molecular formula is C13H13Br2NO3. The Bertz CT molecular complexity index is 498. The van der Waals surface area contributed by atoms with E-state index in [1.807, 2.05) is 6.07 Å². The standard InChI is InChI=1S/C13H13Br2NO3/c14-9-3-8(4-10(15)6-9)12(17)16-11-2-1-7(5-11)13(18)19/h3-4,6-7,11H,1-2,5H2,(H,16,17)(H,18,19)/t7-,11+/m1/s1. The van der Waals surface area contributed by atoms with Gasteiger partial charge in [0.15, 0.2) is 0 Å². The first kappa shape index (κ1) is 14.5. The quantitative estimate of drug-likeness (QED) is 0.832. The maximum Gasteiger partial charge on any atom is 0.306 e. The fourth-order valence-corrected chi connectivity index (χ4v) is 3.58. The molecule has 0 aromatic heterocycles. The molecule has 0 radical (unpaired) electrons. The van der Waals surface area contributed by atoms with Gasteiger partial charge in [0.05, 0.1) is 5.92 Å². The number of carbonyl (C=O) groups is 2. The van der Waals surface area contributed by atoms with E-state index in [1.54, 1.807) is 12.1 Å². The van der Waals surface area contributed by atoms with Crippen LogP contribution in [0.1, 0.15) is 29.6 Å². The van der Waals surface area contributed by atoms with Gasteiger partial charge in [-0.15, -0.1) is 0 Å². The van der Waals surface area contributed by atoms with Crippen molar-refractivity contribution in [2.24, 2.45) is 5.92 Å². The predicted octanol–water partition coefficient (Wildman–Crippen LogP) is 3.19. The van der Waals surface area contributed by atoms with Crippen LogP contribution in [0.5, 0.6) is 0 Å². The SMILES string of the molecule is O=C(N[C@H]1CC[C@@H](C(=O)O)C1)c1cc(Br)cc(Br)c1. The van der Waals surface area contributed by atoms with Crippen LogP contribution >= 0.6 is 31.9 Å². The Morgan fingerprint density at radius 3 is 2.32 bits per heavy atom. The highest BCUT2D eigenvalue weighted by Crippen LogP contribution is 2.26. The topological polar surface area (TPSA) is 66.4 Å². The third-order valence-corrected chi connectivity index (χ3v) is 4.16. The van der Waals surface area contributed by atoms with Gasteiger partial charge in [-0.2, -0.15) is 0 Å². The van der Waals surface area contributed by atoms with Crippen molar-refractivity contribution in [3.8, 4) is 0 Å². The third kappa shape index (κ3) is 3.79. The minimum Gasteiger partial charge on any atom is -0.481 e. The zero-order valence-electron chi connectivity index (χ0n) is 10.0. The number of carboxylic acid groups (broad SMARTS) is 1. The largest absolute Gasteiger partial charge is 0.481 e. The maximum absolute atomic E-state index is 12.1. The van der Waals surface area contributed by atoms with Gasteiger partial charge in [-0.05, 0) is 37.5 Å². The average Bonchev–Trinajstić information content (AvgIpc) is 2.76. The fourth-order valence-electron chi connectivity index (χ4n) is 2.29. The minimum atomic E-state index is -0.776. The molecule has 1 fully saturated rings. The minimum absolute atomic E-state index is 0.0497. The molecule has 19 heavy (non-hydrogen) atoms. The van der Waals surface area contributed by atoms with Crippen molar-refractivity contribution in [3.05, 3.63) is 32.7 Å². The fraction of sp³-hybridized carbons (Fsp3) is 0.385. The summed E-state index contributed by atoms with van der Waals surface area (Å²) in [5, 5.41) is 11.8.